The van der Waals surface area contributed by atoms with Crippen molar-refractivity contribution >= 4 is 21.5 Å². The van der Waals surface area contributed by atoms with Crippen LogP contribution in [-0.4, -0.2) is 79.3 Å². The fourth-order valence-electron chi connectivity index (χ4n) is 5.94. The van der Waals surface area contributed by atoms with E-state index in [4.69, 9.17) is 33.2 Å². The predicted octanol–water partition coefficient (Wildman–Crippen LogP) is 3.46. The molecule has 9 heteroatoms. The molecule has 0 N–H and O–H groups in total. The Labute approximate surface area is 324 Å². The SMILES string of the molecule is C1COCCOCCOCCOCCOCCO1.[K+].[O-]c1ccc2ccccc2c1[C@@H]1c2ccccc2Oc2ccc3ccccc3c21. The monoisotopic (exact) mass is 676 g/mol. The molecule has 1 saturated heterocycles. The zero-order valence-electron chi connectivity index (χ0n) is 27.6. The van der Waals surface area contributed by atoms with Gasteiger partial charge in [-0.05, 0) is 39.2 Å². The van der Waals surface area contributed by atoms with Gasteiger partial charge in [-0.25, -0.2) is 0 Å². The molecule has 1 fully saturated rings. The maximum atomic E-state index is 13.2. The zero-order valence-corrected chi connectivity index (χ0v) is 30.7. The third-order valence-corrected chi connectivity index (χ3v) is 8.12. The van der Waals surface area contributed by atoms with E-state index in [1.165, 1.54) is 0 Å². The van der Waals surface area contributed by atoms with Crippen molar-refractivity contribution in [3.05, 3.63) is 114 Å². The van der Waals surface area contributed by atoms with E-state index in [9.17, 15) is 5.11 Å². The first-order valence-electron chi connectivity index (χ1n) is 16.2. The van der Waals surface area contributed by atoms with Crippen molar-refractivity contribution in [1.82, 2.24) is 0 Å². The minimum Gasteiger partial charge on any atom is -0.872 e. The van der Waals surface area contributed by atoms with Gasteiger partial charge < -0.3 is 38.3 Å². The van der Waals surface area contributed by atoms with Crippen LogP contribution in [0.4, 0.5) is 0 Å². The van der Waals surface area contributed by atoms with Crippen molar-refractivity contribution in [2.24, 2.45) is 0 Å². The van der Waals surface area contributed by atoms with Crippen LogP contribution >= 0.6 is 0 Å². The number of hydrogen-bond acceptors (Lipinski definition) is 8. The molecule has 48 heavy (non-hydrogen) atoms. The van der Waals surface area contributed by atoms with Crippen molar-refractivity contribution in [2.45, 2.75) is 5.92 Å². The standard InChI is InChI=1S/C27H18O2.C12H24O6.K/c28-22-15-13-17-7-1-3-9-19(17)25(22)27-21-11-5-6-12-23(21)29-24-16-14-18-8-2-4-10-20(18)26(24)27;1-2-14-5-6-16-9-10-18-12-11-17-8-7-15-4-3-13-1;/h1-16,27-28H;1-12H2;/q;;+1/p-1/t27-;;/m0../s1. The molecule has 0 amide bonds. The molecule has 7 rings (SSSR count). The van der Waals surface area contributed by atoms with Gasteiger partial charge in [0.25, 0.3) is 0 Å². The Bertz CT molecular complexity index is 1610. The number of rotatable bonds is 1. The first-order chi connectivity index (χ1) is 23.3. The van der Waals surface area contributed by atoms with E-state index < -0.39 is 0 Å². The molecule has 5 aromatic carbocycles. The number of ether oxygens (including phenoxy) is 7. The summed E-state index contributed by atoms with van der Waals surface area (Å²) in [7, 11) is 0. The molecule has 5 aromatic rings. The van der Waals surface area contributed by atoms with Gasteiger partial charge >= 0.3 is 51.4 Å². The van der Waals surface area contributed by atoms with Crippen molar-refractivity contribution < 1.29 is 89.6 Å². The molecular formula is C39H41KO8. The van der Waals surface area contributed by atoms with E-state index in [-0.39, 0.29) is 63.1 Å². The molecule has 0 radical (unpaired) electrons. The largest absolute Gasteiger partial charge is 1.00 e. The number of benzene rings is 5. The number of hydrogen-bond donors (Lipinski definition) is 0. The quantitative estimate of drug-likeness (QED) is 0.245. The number of para-hydroxylation sites is 1. The third-order valence-electron chi connectivity index (χ3n) is 8.12. The smallest absolute Gasteiger partial charge is 0.872 e. The first kappa shape index (κ1) is 36.9. The van der Waals surface area contributed by atoms with Crippen molar-refractivity contribution in [3.8, 4) is 17.2 Å². The summed E-state index contributed by atoms with van der Waals surface area (Å²) >= 11 is 0. The molecule has 0 bridgehead atoms. The molecule has 2 heterocycles. The van der Waals surface area contributed by atoms with Crippen molar-refractivity contribution in [1.29, 1.82) is 0 Å². The second kappa shape index (κ2) is 19.7. The van der Waals surface area contributed by atoms with Gasteiger partial charge in [0.05, 0.1) is 79.3 Å². The van der Waals surface area contributed by atoms with E-state index in [0.717, 1.165) is 49.7 Å². The average molecular weight is 677 g/mol. The van der Waals surface area contributed by atoms with Gasteiger partial charge in [-0.2, -0.15) is 0 Å². The first-order valence-corrected chi connectivity index (χ1v) is 16.2. The molecular weight excluding hydrogens is 636 g/mol. The van der Waals surface area contributed by atoms with Crippen LogP contribution in [0.3, 0.4) is 0 Å². The normalized spacial score (nSPS) is 18.0. The van der Waals surface area contributed by atoms with Crippen LogP contribution < -0.4 is 61.2 Å². The summed E-state index contributed by atoms with van der Waals surface area (Å²) in [6.45, 7) is 7.04. The average Bonchev–Trinajstić information content (AvgIpc) is 3.11. The second-order valence-electron chi connectivity index (χ2n) is 11.1. The van der Waals surface area contributed by atoms with Crippen LogP contribution in [0.25, 0.3) is 21.5 Å². The predicted molar refractivity (Wildman–Crippen MR) is 180 cm³/mol. The van der Waals surface area contributed by atoms with Crippen LogP contribution in [0.1, 0.15) is 22.6 Å². The Morgan fingerprint density at radius 1 is 0.417 bits per heavy atom. The van der Waals surface area contributed by atoms with Crippen LogP contribution in [-0.2, 0) is 28.4 Å². The van der Waals surface area contributed by atoms with E-state index in [1.54, 1.807) is 6.07 Å². The van der Waals surface area contributed by atoms with Crippen LogP contribution in [0, 0.1) is 0 Å². The summed E-state index contributed by atoms with van der Waals surface area (Å²) in [4.78, 5) is 0. The van der Waals surface area contributed by atoms with Gasteiger partial charge in [0, 0.05) is 17.0 Å². The summed E-state index contributed by atoms with van der Waals surface area (Å²) in [6, 6.07) is 32.2. The molecule has 2 aliphatic heterocycles. The van der Waals surface area contributed by atoms with Crippen molar-refractivity contribution in [3.63, 3.8) is 0 Å². The van der Waals surface area contributed by atoms with Crippen molar-refractivity contribution in [2.75, 3.05) is 79.3 Å². The zero-order chi connectivity index (χ0) is 32.1. The molecule has 0 aliphatic carbocycles. The molecule has 0 saturated carbocycles. The van der Waals surface area contributed by atoms with Gasteiger partial charge in [0.2, 0.25) is 0 Å². The molecule has 0 spiro atoms. The van der Waals surface area contributed by atoms with Gasteiger partial charge in [0.15, 0.2) is 0 Å². The minimum absolute atomic E-state index is 0. The maximum Gasteiger partial charge on any atom is 1.00 e. The molecule has 0 unspecified atom stereocenters. The van der Waals surface area contributed by atoms with E-state index in [2.05, 4.69) is 36.4 Å². The molecule has 246 valence electrons. The van der Waals surface area contributed by atoms with Gasteiger partial charge in [-0.1, -0.05) is 84.9 Å². The van der Waals surface area contributed by atoms with Gasteiger partial charge in [-0.15, -0.1) is 5.75 Å². The third kappa shape index (κ3) is 9.65. The molecule has 1 atom stereocenters. The Morgan fingerprint density at radius 2 is 0.833 bits per heavy atom. The van der Waals surface area contributed by atoms with Crippen LogP contribution in [0.5, 0.6) is 17.2 Å². The summed E-state index contributed by atoms with van der Waals surface area (Å²) < 4.78 is 38.3. The minimum atomic E-state index is -0.181. The fraction of sp³-hybridized carbons (Fsp3) is 0.333. The van der Waals surface area contributed by atoms with Crippen LogP contribution in [0.2, 0.25) is 0 Å². The van der Waals surface area contributed by atoms with E-state index in [1.807, 2.05) is 54.6 Å². The van der Waals surface area contributed by atoms with Crippen LogP contribution in [0.15, 0.2) is 97.1 Å². The van der Waals surface area contributed by atoms with Gasteiger partial charge in [0.1, 0.15) is 11.5 Å². The Kier molecular flexibility index (Phi) is 15.1. The Morgan fingerprint density at radius 3 is 1.35 bits per heavy atom. The summed E-state index contributed by atoms with van der Waals surface area (Å²) in [5.41, 5.74) is 2.91. The molecule has 8 nitrogen and oxygen atoms in total. The summed E-state index contributed by atoms with van der Waals surface area (Å²) in [5, 5.41) is 17.6. The topological polar surface area (TPSA) is 87.7 Å². The second-order valence-corrected chi connectivity index (χ2v) is 11.1. The Hall–Kier alpha value is -2.38. The summed E-state index contributed by atoms with van der Waals surface area (Å²) in [5.74, 6) is 1.51. The van der Waals surface area contributed by atoms with E-state index in [0.29, 0.717) is 79.3 Å². The van der Waals surface area contributed by atoms with E-state index >= 15 is 0 Å². The number of fused-ring (bicyclic) bond motifs is 5. The summed E-state index contributed by atoms with van der Waals surface area (Å²) in [6.07, 6.45) is 0. The fourth-order valence-corrected chi connectivity index (χ4v) is 5.94. The molecule has 2 aliphatic rings. The van der Waals surface area contributed by atoms with Gasteiger partial charge in [-0.3, -0.25) is 0 Å². The Balaban J connectivity index is 0.000000207. The molecule has 0 aromatic heterocycles. The maximum absolute atomic E-state index is 13.2.